The number of nitrogens with one attached hydrogen (secondary N) is 2. The average Bonchev–Trinajstić information content (AvgIpc) is 2.54. The average molecular weight is 302 g/mol. The van der Waals surface area contributed by atoms with Crippen molar-refractivity contribution in [2.75, 3.05) is 11.9 Å². The van der Waals surface area contributed by atoms with E-state index in [0.717, 1.165) is 12.1 Å². The summed E-state index contributed by atoms with van der Waals surface area (Å²) >= 11 is 0. The Bertz CT molecular complexity index is 686. The van der Waals surface area contributed by atoms with Crippen molar-refractivity contribution in [3.05, 3.63) is 77.9 Å². The van der Waals surface area contributed by atoms with Gasteiger partial charge in [-0.2, -0.15) is 0 Å². The maximum atomic E-state index is 13.2. The van der Waals surface area contributed by atoms with Crippen LogP contribution in [-0.2, 0) is 6.54 Å². The van der Waals surface area contributed by atoms with Crippen LogP contribution in [-0.4, -0.2) is 12.5 Å². The lowest BCUT2D eigenvalue weighted by atomic mass is 10.1. The van der Waals surface area contributed by atoms with E-state index >= 15 is 0 Å². The second-order valence-corrected chi connectivity index (χ2v) is 4.65. The molecule has 5 heteroatoms. The first-order chi connectivity index (χ1) is 10.6. The molecule has 0 saturated heterocycles. The first-order valence-electron chi connectivity index (χ1n) is 6.77. The molecule has 0 aromatic heterocycles. The number of halogens is 2. The molecule has 0 atom stereocenters. The molecule has 0 aliphatic heterocycles. The zero-order valence-electron chi connectivity index (χ0n) is 11.9. The molecule has 2 rings (SSSR count). The zero-order valence-corrected chi connectivity index (χ0v) is 11.9. The number of rotatable bonds is 6. The first kappa shape index (κ1) is 15.7. The van der Waals surface area contributed by atoms with E-state index in [1.807, 2.05) is 0 Å². The molecule has 3 nitrogen and oxygen atoms in total. The molecule has 0 spiro atoms. The molecule has 0 heterocycles. The summed E-state index contributed by atoms with van der Waals surface area (Å²) in [5.41, 5.74) is 1.68. The molecular formula is C17H16F2N2O. The van der Waals surface area contributed by atoms with Gasteiger partial charge in [-0.15, -0.1) is 6.58 Å². The molecule has 2 aromatic rings. The highest BCUT2D eigenvalue weighted by Gasteiger charge is 2.10. The lowest BCUT2D eigenvalue weighted by molar-refractivity contribution is 0.0959. The largest absolute Gasteiger partial charge is 0.380 e. The van der Waals surface area contributed by atoms with Gasteiger partial charge in [-0.1, -0.05) is 24.3 Å². The van der Waals surface area contributed by atoms with Crippen molar-refractivity contribution < 1.29 is 13.6 Å². The van der Waals surface area contributed by atoms with Crippen molar-refractivity contribution >= 4 is 11.6 Å². The van der Waals surface area contributed by atoms with Gasteiger partial charge in [-0.25, -0.2) is 8.78 Å². The van der Waals surface area contributed by atoms with Crippen LogP contribution in [0.2, 0.25) is 0 Å². The van der Waals surface area contributed by atoms with E-state index in [1.54, 1.807) is 30.3 Å². The van der Waals surface area contributed by atoms with Crippen LogP contribution < -0.4 is 10.6 Å². The van der Waals surface area contributed by atoms with Gasteiger partial charge in [0.05, 0.1) is 5.56 Å². The number of hydrogen-bond donors (Lipinski definition) is 2. The van der Waals surface area contributed by atoms with Gasteiger partial charge in [0.2, 0.25) is 0 Å². The van der Waals surface area contributed by atoms with E-state index in [1.165, 1.54) is 6.07 Å². The number of carbonyl (C=O) groups is 1. The minimum absolute atomic E-state index is 0.228. The van der Waals surface area contributed by atoms with Crippen molar-refractivity contribution in [2.45, 2.75) is 6.54 Å². The topological polar surface area (TPSA) is 41.1 Å². The van der Waals surface area contributed by atoms with Crippen molar-refractivity contribution in [3.63, 3.8) is 0 Å². The Morgan fingerprint density at radius 2 is 1.91 bits per heavy atom. The number of carbonyl (C=O) groups excluding carboxylic acids is 1. The van der Waals surface area contributed by atoms with E-state index in [9.17, 15) is 13.6 Å². The maximum Gasteiger partial charge on any atom is 0.253 e. The molecule has 0 fully saturated rings. The van der Waals surface area contributed by atoms with Crippen molar-refractivity contribution in [2.24, 2.45) is 0 Å². The standard InChI is InChI=1S/C17H16F2N2O/c1-2-9-20-17(22)13-5-3-4-6-16(13)21-11-12-7-8-14(18)15(19)10-12/h2-8,10,21H,1,9,11H2,(H,20,22). The normalized spacial score (nSPS) is 10.1. The summed E-state index contributed by atoms with van der Waals surface area (Å²) in [6.07, 6.45) is 1.59. The Labute approximate surface area is 127 Å². The Hall–Kier alpha value is -2.69. The third-order valence-corrected chi connectivity index (χ3v) is 3.05. The maximum absolute atomic E-state index is 13.2. The number of anilines is 1. The van der Waals surface area contributed by atoms with Gasteiger partial charge in [0.1, 0.15) is 0 Å². The van der Waals surface area contributed by atoms with Crippen LogP contribution in [0.1, 0.15) is 15.9 Å². The SMILES string of the molecule is C=CCNC(=O)c1ccccc1NCc1ccc(F)c(F)c1. The summed E-state index contributed by atoms with van der Waals surface area (Å²) in [5.74, 6) is -2.00. The van der Waals surface area contributed by atoms with Gasteiger partial charge >= 0.3 is 0 Å². The molecule has 22 heavy (non-hydrogen) atoms. The zero-order chi connectivity index (χ0) is 15.9. The molecule has 2 N–H and O–H groups in total. The van der Waals surface area contributed by atoms with Crippen molar-refractivity contribution in [1.29, 1.82) is 0 Å². The highest BCUT2D eigenvalue weighted by Crippen LogP contribution is 2.17. The van der Waals surface area contributed by atoms with E-state index in [4.69, 9.17) is 0 Å². The van der Waals surface area contributed by atoms with Crippen LogP contribution in [0.4, 0.5) is 14.5 Å². The third-order valence-electron chi connectivity index (χ3n) is 3.05. The van der Waals surface area contributed by atoms with Crippen LogP contribution in [0, 0.1) is 11.6 Å². The minimum Gasteiger partial charge on any atom is -0.380 e. The summed E-state index contributed by atoms with van der Waals surface area (Å²) in [6.45, 7) is 4.20. The number of amides is 1. The van der Waals surface area contributed by atoms with Crippen LogP contribution in [0.5, 0.6) is 0 Å². The van der Waals surface area contributed by atoms with Crippen LogP contribution in [0.3, 0.4) is 0 Å². The predicted molar refractivity (Wildman–Crippen MR) is 82.7 cm³/mol. The molecule has 0 radical (unpaired) electrons. The van der Waals surface area contributed by atoms with Gasteiger partial charge in [0.25, 0.3) is 5.91 Å². The molecule has 0 unspecified atom stereocenters. The van der Waals surface area contributed by atoms with Crippen LogP contribution in [0.15, 0.2) is 55.1 Å². The number of para-hydroxylation sites is 1. The van der Waals surface area contributed by atoms with Gasteiger partial charge in [0, 0.05) is 18.8 Å². The second-order valence-electron chi connectivity index (χ2n) is 4.65. The summed E-state index contributed by atoms with van der Waals surface area (Å²) < 4.78 is 26.1. The smallest absolute Gasteiger partial charge is 0.253 e. The molecule has 0 bridgehead atoms. The van der Waals surface area contributed by atoms with Gasteiger partial charge in [-0.3, -0.25) is 4.79 Å². The van der Waals surface area contributed by atoms with E-state index in [2.05, 4.69) is 17.2 Å². The summed E-state index contributed by atoms with van der Waals surface area (Å²) in [7, 11) is 0. The van der Waals surface area contributed by atoms with Crippen LogP contribution >= 0.6 is 0 Å². The monoisotopic (exact) mass is 302 g/mol. The summed E-state index contributed by atoms with van der Waals surface area (Å²) in [4.78, 5) is 12.0. The van der Waals surface area contributed by atoms with Gasteiger partial charge in [-0.05, 0) is 29.8 Å². The Balaban J connectivity index is 2.10. The van der Waals surface area contributed by atoms with Crippen LogP contribution in [0.25, 0.3) is 0 Å². The Kier molecular flexibility index (Phi) is 5.25. The fourth-order valence-electron chi connectivity index (χ4n) is 1.94. The number of benzene rings is 2. The molecule has 2 aromatic carbocycles. The molecule has 1 amide bonds. The molecule has 0 aliphatic carbocycles. The third kappa shape index (κ3) is 3.91. The van der Waals surface area contributed by atoms with Gasteiger partial charge in [0.15, 0.2) is 11.6 Å². The fraction of sp³-hybridized carbons (Fsp3) is 0.118. The summed E-state index contributed by atoms with van der Waals surface area (Å²) in [5, 5.41) is 5.75. The number of hydrogen-bond acceptors (Lipinski definition) is 2. The molecule has 114 valence electrons. The highest BCUT2D eigenvalue weighted by atomic mass is 19.2. The summed E-state index contributed by atoms with van der Waals surface area (Å²) in [6, 6.07) is 10.7. The highest BCUT2D eigenvalue weighted by molar-refractivity contribution is 5.99. The second kappa shape index (κ2) is 7.36. The van der Waals surface area contributed by atoms with E-state index < -0.39 is 11.6 Å². The minimum atomic E-state index is -0.892. The Morgan fingerprint density at radius 1 is 1.14 bits per heavy atom. The quantitative estimate of drug-likeness (QED) is 0.802. The fourth-order valence-corrected chi connectivity index (χ4v) is 1.94. The lowest BCUT2D eigenvalue weighted by Crippen LogP contribution is -2.24. The van der Waals surface area contributed by atoms with E-state index in [0.29, 0.717) is 23.4 Å². The molecular weight excluding hydrogens is 286 g/mol. The van der Waals surface area contributed by atoms with Gasteiger partial charge < -0.3 is 10.6 Å². The lowest BCUT2D eigenvalue weighted by Gasteiger charge is -2.12. The Morgan fingerprint density at radius 3 is 2.64 bits per heavy atom. The van der Waals surface area contributed by atoms with E-state index in [-0.39, 0.29) is 12.5 Å². The van der Waals surface area contributed by atoms with Crippen molar-refractivity contribution in [1.82, 2.24) is 5.32 Å². The molecule has 0 aliphatic rings. The first-order valence-corrected chi connectivity index (χ1v) is 6.77. The predicted octanol–water partition coefficient (Wildman–Crippen LogP) is 3.49. The molecule has 0 saturated carbocycles. The van der Waals surface area contributed by atoms with Crippen molar-refractivity contribution in [3.8, 4) is 0 Å².